The Bertz CT molecular complexity index is 309. The molecule has 3 nitrogen and oxygen atoms in total. The van der Waals surface area contributed by atoms with Crippen molar-refractivity contribution in [3.8, 4) is 0 Å². The van der Waals surface area contributed by atoms with E-state index in [-0.39, 0.29) is 11.9 Å². The van der Waals surface area contributed by atoms with Gasteiger partial charge in [-0.25, -0.2) is 0 Å². The molecule has 0 saturated heterocycles. The first-order valence-corrected chi connectivity index (χ1v) is 5.19. The number of carbonyl (C=O) groups excluding carboxylic acids is 1. The Morgan fingerprint density at radius 3 is 2.47 bits per heavy atom. The molecule has 0 aliphatic carbocycles. The summed E-state index contributed by atoms with van der Waals surface area (Å²) in [7, 11) is 0. The van der Waals surface area contributed by atoms with Gasteiger partial charge >= 0.3 is 0 Å². The Morgan fingerprint density at radius 1 is 1.33 bits per heavy atom. The zero-order chi connectivity index (χ0) is 11.3. The zero-order valence-corrected chi connectivity index (χ0v) is 9.23. The first-order chi connectivity index (χ1) is 7.09. The number of rotatable bonds is 4. The maximum absolute atomic E-state index is 11.3. The summed E-state index contributed by atoms with van der Waals surface area (Å²) in [6, 6.07) is 9.75. The molecule has 3 N–H and O–H groups in total. The van der Waals surface area contributed by atoms with Gasteiger partial charge in [0.25, 0.3) is 0 Å². The fourth-order valence-corrected chi connectivity index (χ4v) is 1.39. The Hall–Kier alpha value is -1.35. The monoisotopic (exact) mass is 206 g/mol. The van der Waals surface area contributed by atoms with Crippen LogP contribution in [0.2, 0.25) is 0 Å². The fraction of sp³-hybridized carbons (Fsp3) is 0.417. The summed E-state index contributed by atoms with van der Waals surface area (Å²) in [5.41, 5.74) is 6.68. The van der Waals surface area contributed by atoms with E-state index >= 15 is 0 Å². The van der Waals surface area contributed by atoms with Crippen LogP contribution in [0.5, 0.6) is 0 Å². The summed E-state index contributed by atoms with van der Waals surface area (Å²) < 4.78 is 0. The van der Waals surface area contributed by atoms with Crippen LogP contribution in [-0.2, 0) is 11.2 Å². The predicted octanol–water partition coefficient (Wildman–Crippen LogP) is 1.08. The van der Waals surface area contributed by atoms with Gasteiger partial charge < -0.3 is 11.1 Å². The summed E-state index contributed by atoms with van der Waals surface area (Å²) >= 11 is 0. The molecule has 0 aliphatic heterocycles. The summed E-state index contributed by atoms with van der Waals surface area (Å²) in [5, 5.41) is 2.86. The number of hydrogen-bond donors (Lipinski definition) is 2. The molecule has 0 radical (unpaired) electrons. The Balaban J connectivity index is 2.43. The van der Waals surface area contributed by atoms with Gasteiger partial charge in [0.05, 0.1) is 6.04 Å². The van der Waals surface area contributed by atoms with Gasteiger partial charge in [-0.2, -0.15) is 0 Å². The molecule has 0 fully saturated rings. The van der Waals surface area contributed by atoms with Crippen LogP contribution >= 0.6 is 0 Å². The highest BCUT2D eigenvalue weighted by atomic mass is 16.2. The third kappa shape index (κ3) is 4.13. The molecule has 0 saturated carbocycles. The van der Waals surface area contributed by atoms with E-state index in [2.05, 4.69) is 17.4 Å². The van der Waals surface area contributed by atoms with E-state index in [0.717, 1.165) is 6.42 Å². The highest BCUT2D eigenvalue weighted by molar-refractivity contribution is 5.81. The van der Waals surface area contributed by atoms with Crippen molar-refractivity contribution in [3.63, 3.8) is 0 Å². The SMILES string of the molecule is C[C@H](N)C(=O)N[C@@H](C)Cc1ccccc1. The highest BCUT2D eigenvalue weighted by Gasteiger charge is 2.10. The normalized spacial score (nSPS) is 14.3. The molecule has 82 valence electrons. The largest absolute Gasteiger partial charge is 0.352 e. The number of nitrogens with two attached hydrogens (primary N) is 1. The number of amides is 1. The number of benzene rings is 1. The smallest absolute Gasteiger partial charge is 0.236 e. The van der Waals surface area contributed by atoms with E-state index in [0.29, 0.717) is 0 Å². The molecule has 2 atom stereocenters. The van der Waals surface area contributed by atoms with Gasteiger partial charge in [0.1, 0.15) is 0 Å². The van der Waals surface area contributed by atoms with Crippen molar-refractivity contribution < 1.29 is 4.79 Å². The third-order valence-corrected chi connectivity index (χ3v) is 2.19. The van der Waals surface area contributed by atoms with E-state index in [1.807, 2.05) is 25.1 Å². The standard InChI is InChI=1S/C12H18N2O/c1-9(14-12(15)10(2)13)8-11-6-4-3-5-7-11/h3-7,9-10H,8,13H2,1-2H3,(H,14,15)/t9-,10-/m0/s1. The summed E-state index contributed by atoms with van der Waals surface area (Å²) in [6.45, 7) is 3.66. The van der Waals surface area contributed by atoms with E-state index in [1.54, 1.807) is 6.92 Å². The van der Waals surface area contributed by atoms with Crippen molar-refractivity contribution in [3.05, 3.63) is 35.9 Å². The summed E-state index contributed by atoms with van der Waals surface area (Å²) in [6.07, 6.45) is 0.833. The van der Waals surface area contributed by atoms with E-state index in [9.17, 15) is 4.79 Å². The lowest BCUT2D eigenvalue weighted by atomic mass is 10.1. The molecule has 1 amide bonds. The van der Waals surface area contributed by atoms with E-state index < -0.39 is 6.04 Å². The average Bonchev–Trinajstić information content (AvgIpc) is 2.18. The molecule has 0 aliphatic rings. The van der Waals surface area contributed by atoms with Gasteiger partial charge in [-0.1, -0.05) is 30.3 Å². The fourth-order valence-electron chi connectivity index (χ4n) is 1.39. The minimum atomic E-state index is -0.441. The molecule has 15 heavy (non-hydrogen) atoms. The summed E-state index contributed by atoms with van der Waals surface area (Å²) in [4.78, 5) is 11.3. The van der Waals surface area contributed by atoms with Crippen LogP contribution in [0.15, 0.2) is 30.3 Å². The van der Waals surface area contributed by atoms with Crippen molar-refractivity contribution in [2.75, 3.05) is 0 Å². The van der Waals surface area contributed by atoms with Crippen LogP contribution in [-0.4, -0.2) is 18.0 Å². The Kier molecular flexibility index (Phi) is 4.31. The lowest BCUT2D eigenvalue weighted by molar-refractivity contribution is -0.122. The summed E-state index contributed by atoms with van der Waals surface area (Å²) in [5.74, 6) is -0.0987. The van der Waals surface area contributed by atoms with Crippen molar-refractivity contribution in [2.45, 2.75) is 32.4 Å². The quantitative estimate of drug-likeness (QED) is 0.774. The van der Waals surface area contributed by atoms with Gasteiger partial charge in [-0.05, 0) is 25.8 Å². The molecule has 0 spiro atoms. The molecule has 0 bridgehead atoms. The van der Waals surface area contributed by atoms with Gasteiger partial charge in [-0.3, -0.25) is 4.79 Å². The van der Waals surface area contributed by atoms with Crippen molar-refractivity contribution in [1.82, 2.24) is 5.32 Å². The Morgan fingerprint density at radius 2 is 1.93 bits per heavy atom. The minimum Gasteiger partial charge on any atom is -0.352 e. The molecule has 3 heteroatoms. The molecular weight excluding hydrogens is 188 g/mol. The minimum absolute atomic E-state index is 0.0987. The first kappa shape index (κ1) is 11.7. The van der Waals surface area contributed by atoms with Crippen molar-refractivity contribution in [1.29, 1.82) is 0 Å². The van der Waals surface area contributed by atoms with Gasteiger partial charge in [0.15, 0.2) is 0 Å². The third-order valence-electron chi connectivity index (χ3n) is 2.19. The second-order valence-electron chi connectivity index (χ2n) is 3.89. The van der Waals surface area contributed by atoms with Gasteiger partial charge in [0, 0.05) is 6.04 Å². The molecule has 0 unspecified atom stereocenters. The molecule has 1 aromatic carbocycles. The molecule has 0 heterocycles. The predicted molar refractivity (Wildman–Crippen MR) is 61.4 cm³/mol. The molecule has 1 aromatic rings. The van der Waals surface area contributed by atoms with Crippen LogP contribution in [0.3, 0.4) is 0 Å². The highest BCUT2D eigenvalue weighted by Crippen LogP contribution is 2.02. The van der Waals surface area contributed by atoms with Crippen LogP contribution < -0.4 is 11.1 Å². The van der Waals surface area contributed by atoms with E-state index in [4.69, 9.17) is 5.73 Å². The van der Waals surface area contributed by atoms with Crippen molar-refractivity contribution in [2.24, 2.45) is 5.73 Å². The number of nitrogens with one attached hydrogen (secondary N) is 1. The maximum atomic E-state index is 11.3. The van der Waals surface area contributed by atoms with Crippen LogP contribution in [0, 0.1) is 0 Å². The van der Waals surface area contributed by atoms with Crippen LogP contribution in [0.25, 0.3) is 0 Å². The van der Waals surface area contributed by atoms with Crippen LogP contribution in [0.1, 0.15) is 19.4 Å². The first-order valence-electron chi connectivity index (χ1n) is 5.19. The zero-order valence-electron chi connectivity index (χ0n) is 9.23. The second-order valence-corrected chi connectivity index (χ2v) is 3.89. The van der Waals surface area contributed by atoms with Gasteiger partial charge in [0.2, 0.25) is 5.91 Å². The molecule has 0 aromatic heterocycles. The molecular formula is C12H18N2O. The number of hydrogen-bond acceptors (Lipinski definition) is 2. The van der Waals surface area contributed by atoms with E-state index in [1.165, 1.54) is 5.56 Å². The average molecular weight is 206 g/mol. The topological polar surface area (TPSA) is 55.1 Å². The second kappa shape index (κ2) is 5.51. The number of carbonyl (C=O) groups is 1. The maximum Gasteiger partial charge on any atom is 0.236 e. The lowest BCUT2D eigenvalue weighted by Crippen LogP contribution is -2.43. The lowest BCUT2D eigenvalue weighted by Gasteiger charge is -2.15. The van der Waals surface area contributed by atoms with Gasteiger partial charge in [-0.15, -0.1) is 0 Å². The molecule has 1 rings (SSSR count). The van der Waals surface area contributed by atoms with Crippen LogP contribution in [0.4, 0.5) is 0 Å². The van der Waals surface area contributed by atoms with Crippen molar-refractivity contribution >= 4 is 5.91 Å². The Labute approximate surface area is 90.7 Å².